The molecule has 1 aliphatic rings. The van der Waals surface area contributed by atoms with Crippen LogP contribution in [0.15, 0.2) is 24.3 Å². The molecule has 1 aromatic rings. The molecule has 5 nitrogen and oxygen atoms in total. The Morgan fingerprint density at radius 1 is 1.25 bits per heavy atom. The average molecular weight is 345 g/mol. The molecular formula is C16H22F3N3O2. The summed E-state index contributed by atoms with van der Waals surface area (Å²) in [7, 11) is 3.41. The number of carbonyl (C=O) groups is 1. The Hall–Kier alpha value is -1.96. The molecule has 0 spiro atoms. The molecule has 0 aliphatic carbocycles. The molecule has 1 atom stereocenters. The molecule has 2 rings (SSSR count). The van der Waals surface area contributed by atoms with Crippen LogP contribution in [0.3, 0.4) is 0 Å². The van der Waals surface area contributed by atoms with Gasteiger partial charge in [0.2, 0.25) is 0 Å². The van der Waals surface area contributed by atoms with Crippen molar-refractivity contribution in [1.29, 1.82) is 0 Å². The van der Waals surface area contributed by atoms with E-state index in [-0.39, 0.29) is 11.6 Å². The highest BCUT2D eigenvalue weighted by Gasteiger charge is 2.42. The molecule has 0 aromatic heterocycles. The van der Waals surface area contributed by atoms with E-state index < -0.39 is 18.2 Å². The van der Waals surface area contributed by atoms with Crippen molar-refractivity contribution >= 4 is 6.03 Å². The van der Waals surface area contributed by atoms with Crippen LogP contribution in [0.4, 0.5) is 18.0 Å². The first-order valence-corrected chi connectivity index (χ1v) is 7.76. The maximum Gasteiger partial charge on any atom is 0.412 e. The van der Waals surface area contributed by atoms with E-state index in [2.05, 4.69) is 10.2 Å². The molecule has 1 heterocycles. The molecule has 0 saturated carbocycles. The first-order valence-electron chi connectivity index (χ1n) is 7.76. The summed E-state index contributed by atoms with van der Waals surface area (Å²) in [6, 6.07) is 2.50. The van der Waals surface area contributed by atoms with Crippen LogP contribution in [-0.2, 0) is 0 Å². The number of nitrogens with one attached hydrogen (secondary N) is 2. The topological polar surface area (TPSA) is 53.6 Å². The molecule has 1 saturated heterocycles. The molecule has 0 bridgehead atoms. The van der Waals surface area contributed by atoms with Gasteiger partial charge in [0.15, 0.2) is 6.04 Å². The summed E-state index contributed by atoms with van der Waals surface area (Å²) in [5.74, 6) is 0.454. The van der Waals surface area contributed by atoms with Gasteiger partial charge in [-0.05, 0) is 50.7 Å². The van der Waals surface area contributed by atoms with Crippen molar-refractivity contribution in [2.45, 2.75) is 31.1 Å². The lowest BCUT2D eigenvalue weighted by molar-refractivity contribution is -0.155. The van der Waals surface area contributed by atoms with Crippen molar-refractivity contribution in [2.75, 3.05) is 27.2 Å². The standard InChI is InChI=1S/C16H22F3N3O2/c1-22-9-7-12(8-10-22)20-15(23)21-14(16(17,18)19)11-3-5-13(24-2)6-4-11/h3-6,12,14H,7-10H2,1-2H3,(H2,20,21,23)/t14-/m1/s1. The fourth-order valence-corrected chi connectivity index (χ4v) is 2.66. The predicted molar refractivity (Wildman–Crippen MR) is 84.0 cm³/mol. The maximum absolute atomic E-state index is 13.3. The molecular weight excluding hydrogens is 323 g/mol. The molecule has 8 heteroatoms. The Balaban J connectivity index is 2.01. The molecule has 0 unspecified atom stereocenters. The summed E-state index contributed by atoms with van der Waals surface area (Å²) in [5, 5.41) is 4.67. The lowest BCUT2D eigenvalue weighted by atomic mass is 10.1. The number of halogens is 3. The Kier molecular flexibility index (Phi) is 5.93. The van der Waals surface area contributed by atoms with Gasteiger partial charge in [0.1, 0.15) is 5.75 Å². The number of ether oxygens (including phenoxy) is 1. The van der Waals surface area contributed by atoms with Crippen molar-refractivity contribution < 1.29 is 22.7 Å². The van der Waals surface area contributed by atoms with Gasteiger partial charge in [-0.3, -0.25) is 0 Å². The predicted octanol–water partition coefficient (Wildman–Crippen LogP) is 2.69. The quantitative estimate of drug-likeness (QED) is 0.882. The number of methoxy groups -OCH3 is 1. The van der Waals surface area contributed by atoms with Gasteiger partial charge in [0, 0.05) is 6.04 Å². The van der Waals surface area contributed by atoms with Gasteiger partial charge >= 0.3 is 12.2 Å². The molecule has 1 fully saturated rings. The van der Waals surface area contributed by atoms with Crippen LogP contribution in [0.2, 0.25) is 0 Å². The second-order valence-electron chi connectivity index (χ2n) is 5.94. The zero-order chi connectivity index (χ0) is 17.7. The number of hydrogen-bond acceptors (Lipinski definition) is 3. The van der Waals surface area contributed by atoms with Crippen LogP contribution >= 0.6 is 0 Å². The van der Waals surface area contributed by atoms with Crippen molar-refractivity contribution in [2.24, 2.45) is 0 Å². The van der Waals surface area contributed by atoms with Gasteiger partial charge in [0.25, 0.3) is 0 Å². The summed E-state index contributed by atoms with van der Waals surface area (Å²) >= 11 is 0. The zero-order valence-electron chi connectivity index (χ0n) is 13.7. The number of carbonyl (C=O) groups excluding carboxylic acids is 1. The SMILES string of the molecule is COc1ccc([C@@H](NC(=O)NC2CCN(C)CC2)C(F)(F)F)cc1. The molecule has 2 amide bonds. The van der Waals surface area contributed by atoms with Crippen molar-refractivity contribution in [3.63, 3.8) is 0 Å². The largest absolute Gasteiger partial charge is 0.497 e. The molecule has 2 N–H and O–H groups in total. The van der Waals surface area contributed by atoms with E-state index in [1.54, 1.807) is 0 Å². The van der Waals surface area contributed by atoms with Crippen LogP contribution in [-0.4, -0.2) is 50.4 Å². The lowest BCUT2D eigenvalue weighted by Gasteiger charge is -2.30. The highest BCUT2D eigenvalue weighted by atomic mass is 19.4. The maximum atomic E-state index is 13.3. The van der Waals surface area contributed by atoms with Gasteiger partial charge in [-0.25, -0.2) is 4.79 Å². The number of hydrogen-bond donors (Lipinski definition) is 2. The molecule has 24 heavy (non-hydrogen) atoms. The second kappa shape index (κ2) is 7.74. The number of piperidine rings is 1. The summed E-state index contributed by atoms with van der Waals surface area (Å²) in [4.78, 5) is 14.1. The van der Waals surface area contributed by atoms with E-state index in [9.17, 15) is 18.0 Å². The Morgan fingerprint density at radius 2 is 1.83 bits per heavy atom. The average Bonchev–Trinajstić information content (AvgIpc) is 2.54. The lowest BCUT2D eigenvalue weighted by Crippen LogP contribution is -2.49. The third kappa shape index (κ3) is 5.02. The van der Waals surface area contributed by atoms with E-state index in [1.165, 1.54) is 31.4 Å². The Labute approximate surface area is 139 Å². The normalized spacial score (nSPS) is 18.0. The number of rotatable bonds is 4. The Morgan fingerprint density at radius 3 is 2.33 bits per heavy atom. The number of urea groups is 1. The number of benzene rings is 1. The zero-order valence-corrected chi connectivity index (χ0v) is 13.7. The highest BCUT2D eigenvalue weighted by Crippen LogP contribution is 2.33. The minimum absolute atomic E-state index is 0.0400. The van der Waals surface area contributed by atoms with E-state index >= 15 is 0 Å². The number of likely N-dealkylation sites (tertiary alicyclic amines) is 1. The van der Waals surface area contributed by atoms with Gasteiger partial charge in [-0.2, -0.15) is 13.2 Å². The van der Waals surface area contributed by atoms with Crippen molar-refractivity contribution in [3.8, 4) is 5.75 Å². The first-order chi connectivity index (χ1) is 11.3. The summed E-state index contributed by atoms with van der Waals surface area (Å²) in [6.07, 6.45) is -3.13. The summed E-state index contributed by atoms with van der Waals surface area (Å²) in [6.45, 7) is 1.62. The number of amides is 2. The molecule has 0 radical (unpaired) electrons. The molecule has 1 aliphatic heterocycles. The molecule has 134 valence electrons. The van der Waals surface area contributed by atoms with Crippen LogP contribution in [0.25, 0.3) is 0 Å². The minimum Gasteiger partial charge on any atom is -0.497 e. The van der Waals surface area contributed by atoms with Gasteiger partial charge in [-0.15, -0.1) is 0 Å². The highest BCUT2D eigenvalue weighted by molar-refractivity contribution is 5.75. The summed E-state index contributed by atoms with van der Waals surface area (Å²) in [5.41, 5.74) is -0.0400. The van der Waals surface area contributed by atoms with Crippen molar-refractivity contribution in [1.82, 2.24) is 15.5 Å². The smallest absolute Gasteiger partial charge is 0.412 e. The van der Waals surface area contributed by atoms with Crippen LogP contribution in [0.5, 0.6) is 5.75 Å². The number of alkyl halides is 3. The minimum atomic E-state index is -4.58. The van der Waals surface area contributed by atoms with Gasteiger partial charge in [-0.1, -0.05) is 12.1 Å². The fraction of sp³-hybridized carbons (Fsp3) is 0.562. The number of nitrogens with zero attached hydrogens (tertiary/aromatic N) is 1. The van der Waals surface area contributed by atoms with Gasteiger partial charge < -0.3 is 20.3 Å². The molecule has 1 aromatic carbocycles. The second-order valence-corrected chi connectivity index (χ2v) is 5.94. The monoisotopic (exact) mass is 345 g/mol. The van der Waals surface area contributed by atoms with Crippen LogP contribution < -0.4 is 15.4 Å². The van der Waals surface area contributed by atoms with Crippen LogP contribution in [0, 0.1) is 0 Å². The van der Waals surface area contributed by atoms with Crippen LogP contribution in [0.1, 0.15) is 24.4 Å². The first kappa shape index (κ1) is 18.4. The fourth-order valence-electron chi connectivity index (χ4n) is 2.66. The summed E-state index contributed by atoms with van der Waals surface area (Å²) < 4.78 is 44.8. The van der Waals surface area contributed by atoms with Crippen molar-refractivity contribution in [3.05, 3.63) is 29.8 Å². The third-order valence-electron chi connectivity index (χ3n) is 4.11. The van der Waals surface area contributed by atoms with E-state index in [4.69, 9.17) is 4.74 Å². The third-order valence-corrected chi connectivity index (χ3v) is 4.11. The van der Waals surface area contributed by atoms with Gasteiger partial charge in [0.05, 0.1) is 7.11 Å². The van der Waals surface area contributed by atoms with E-state index in [0.717, 1.165) is 25.9 Å². The van der Waals surface area contributed by atoms with E-state index in [1.807, 2.05) is 12.4 Å². The van der Waals surface area contributed by atoms with E-state index in [0.29, 0.717) is 5.75 Å². The Bertz CT molecular complexity index is 540.